The summed E-state index contributed by atoms with van der Waals surface area (Å²) in [5.41, 5.74) is 4.24. The van der Waals surface area contributed by atoms with Crippen LogP contribution in [-0.2, 0) is 14.3 Å². The Balaban J connectivity index is 1.54. The number of allylic oxidation sites excluding steroid dienone is 2. The molecule has 182 valence electrons. The van der Waals surface area contributed by atoms with Gasteiger partial charge in [0.1, 0.15) is 17.8 Å². The van der Waals surface area contributed by atoms with Crippen LogP contribution in [0.25, 0.3) is 0 Å². The van der Waals surface area contributed by atoms with Crippen molar-refractivity contribution < 1.29 is 19.1 Å². The number of nitrogens with zero attached hydrogens (tertiary/aromatic N) is 1. The molecule has 1 saturated carbocycles. The van der Waals surface area contributed by atoms with Gasteiger partial charge in [-0.15, -0.1) is 0 Å². The molecule has 2 aromatic rings. The van der Waals surface area contributed by atoms with Crippen molar-refractivity contribution in [1.82, 2.24) is 0 Å². The van der Waals surface area contributed by atoms with E-state index < -0.39 is 11.8 Å². The number of rotatable bonds is 5. The molecule has 0 amide bonds. The maximum absolute atomic E-state index is 13.7. The van der Waals surface area contributed by atoms with Crippen LogP contribution in [0, 0.1) is 5.92 Å². The topological polar surface area (TPSA) is 65.0 Å². The van der Waals surface area contributed by atoms with E-state index in [1.54, 1.807) is 7.11 Å². The van der Waals surface area contributed by atoms with Crippen LogP contribution in [0.4, 0.5) is 0 Å². The number of Topliss-reactive ketones (excluding diaryl/α,β-unsaturated/α-hetero) is 1. The third-order valence-electron chi connectivity index (χ3n) is 7.70. The molecule has 35 heavy (non-hydrogen) atoms. The van der Waals surface area contributed by atoms with E-state index in [0.29, 0.717) is 24.2 Å². The Morgan fingerprint density at radius 1 is 0.943 bits per heavy atom. The van der Waals surface area contributed by atoms with Crippen molar-refractivity contribution in [2.75, 3.05) is 7.11 Å². The van der Waals surface area contributed by atoms with Gasteiger partial charge in [0.05, 0.1) is 7.11 Å². The van der Waals surface area contributed by atoms with Crippen LogP contribution in [0.3, 0.4) is 0 Å². The minimum atomic E-state index is -0.611. The zero-order valence-corrected chi connectivity index (χ0v) is 20.5. The molecule has 2 aromatic carbocycles. The second-order valence-electron chi connectivity index (χ2n) is 9.98. The van der Waals surface area contributed by atoms with Crippen LogP contribution < -0.4 is 4.74 Å². The van der Waals surface area contributed by atoms with E-state index in [2.05, 4.69) is 12.1 Å². The van der Waals surface area contributed by atoms with Gasteiger partial charge in [0.25, 0.3) is 0 Å². The Kier molecular flexibility index (Phi) is 6.85. The van der Waals surface area contributed by atoms with Gasteiger partial charge < -0.3 is 9.47 Å². The number of carbonyl (C=O) groups excluding carboxylic acids is 2. The van der Waals surface area contributed by atoms with E-state index in [9.17, 15) is 9.59 Å². The molecular weight excluding hydrogens is 438 g/mol. The number of carbonyl (C=O) groups is 2. The van der Waals surface area contributed by atoms with E-state index in [-0.39, 0.29) is 23.8 Å². The fraction of sp³-hybridized carbons (Fsp3) is 0.433. The number of ether oxygens (including phenoxy) is 2. The molecule has 5 rings (SSSR count). The summed E-state index contributed by atoms with van der Waals surface area (Å²) in [4.78, 5) is 32.2. The molecule has 0 bridgehead atoms. The van der Waals surface area contributed by atoms with Crippen molar-refractivity contribution in [3.05, 3.63) is 77.0 Å². The number of aliphatic imine (C=N–C) groups is 1. The highest BCUT2D eigenvalue weighted by Gasteiger charge is 2.45. The summed E-state index contributed by atoms with van der Waals surface area (Å²) in [6.45, 7) is 1.90. The molecule has 1 aliphatic heterocycles. The van der Waals surface area contributed by atoms with Gasteiger partial charge in [-0.05, 0) is 68.2 Å². The van der Waals surface area contributed by atoms with Crippen molar-refractivity contribution in [2.24, 2.45) is 10.9 Å². The fourth-order valence-corrected chi connectivity index (χ4v) is 5.94. The molecule has 3 aliphatic rings. The molecular formula is C30H33NO4. The lowest BCUT2D eigenvalue weighted by Gasteiger charge is -2.37. The molecule has 1 fully saturated rings. The zero-order valence-electron chi connectivity index (χ0n) is 20.5. The molecule has 0 spiro atoms. The Morgan fingerprint density at radius 2 is 1.69 bits per heavy atom. The molecule has 0 radical (unpaired) electrons. The van der Waals surface area contributed by atoms with Gasteiger partial charge in [-0.1, -0.05) is 48.9 Å². The molecule has 3 atom stereocenters. The highest BCUT2D eigenvalue weighted by molar-refractivity contribution is 6.09. The zero-order chi connectivity index (χ0) is 24.4. The molecule has 5 heteroatoms. The summed E-state index contributed by atoms with van der Waals surface area (Å²) >= 11 is 0. The van der Waals surface area contributed by atoms with E-state index in [1.807, 2.05) is 49.4 Å². The van der Waals surface area contributed by atoms with E-state index >= 15 is 0 Å². The molecule has 0 saturated heterocycles. The highest BCUT2D eigenvalue weighted by Crippen LogP contribution is 2.47. The Morgan fingerprint density at radius 3 is 2.43 bits per heavy atom. The first kappa shape index (κ1) is 23.5. The summed E-state index contributed by atoms with van der Waals surface area (Å²) < 4.78 is 11.5. The van der Waals surface area contributed by atoms with Gasteiger partial charge in [0, 0.05) is 29.3 Å². The quantitative estimate of drug-likeness (QED) is 0.491. The summed E-state index contributed by atoms with van der Waals surface area (Å²) in [5, 5.41) is 0. The van der Waals surface area contributed by atoms with Crippen molar-refractivity contribution in [2.45, 2.75) is 69.8 Å². The SMILES string of the molecule is COc1cccc([C@H]2C3=C(C[C@@H](c4ccccc4)CC3=O)N=C(C)C2C(=O)OC2CCCCC2)c1. The summed E-state index contributed by atoms with van der Waals surface area (Å²) in [5.74, 6) is -0.432. The van der Waals surface area contributed by atoms with Crippen LogP contribution in [0.1, 0.15) is 74.8 Å². The van der Waals surface area contributed by atoms with E-state index in [0.717, 1.165) is 48.2 Å². The van der Waals surface area contributed by atoms with Gasteiger partial charge in [0.15, 0.2) is 5.78 Å². The molecule has 2 aliphatic carbocycles. The maximum atomic E-state index is 13.7. The predicted octanol–water partition coefficient (Wildman–Crippen LogP) is 6.15. The number of benzene rings is 2. The van der Waals surface area contributed by atoms with Crippen molar-refractivity contribution in [3.8, 4) is 5.75 Å². The van der Waals surface area contributed by atoms with Gasteiger partial charge in [-0.25, -0.2) is 0 Å². The lowest BCUT2D eigenvalue weighted by molar-refractivity contribution is -0.153. The highest BCUT2D eigenvalue weighted by atomic mass is 16.5. The minimum Gasteiger partial charge on any atom is -0.497 e. The van der Waals surface area contributed by atoms with Crippen LogP contribution >= 0.6 is 0 Å². The van der Waals surface area contributed by atoms with Crippen LogP contribution in [0.2, 0.25) is 0 Å². The smallest absolute Gasteiger partial charge is 0.315 e. The van der Waals surface area contributed by atoms with Gasteiger partial charge in [-0.2, -0.15) is 0 Å². The fourth-order valence-electron chi connectivity index (χ4n) is 5.94. The normalized spacial score (nSPS) is 25.0. The van der Waals surface area contributed by atoms with Gasteiger partial charge in [0.2, 0.25) is 0 Å². The standard InChI is InChI=1S/C30H33NO4/c1-19-27(30(33)35-23-13-7-4-8-14-23)28(21-12-9-15-24(16-21)34-2)29-25(31-19)17-22(18-26(29)32)20-10-5-3-6-11-20/h3,5-6,9-12,15-16,22-23,27-28H,4,7-8,13-14,17-18H2,1-2H3/t22-,27?,28-/m1/s1. The first-order valence-corrected chi connectivity index (χ1v) is 12.8. The second-order valence-corrected chi connectivity index (χ2v) is 9.98. The number of esters is 1. The number of hydrogen-bond acceptors (Lipinski definition) is 5. The monoisotopic (exact) mass is 471 g/mol. The summed E-state index contributed by atoms with van der Waals surface area (Å²) in [6.07, 6.45) is 6.24. The molecule has 0 aromatic heterocycles. The van der Waals surface area contributed by atoms with Gasteiger partial charge in [-0.3, -0.25) is 14.6 Å². The number of hydrogen-bond donors (Lipinski definition) is 0. The number of methoxy groups -OCH3 is 1. The molecule has 5 nitrogen and oxygen atoms in total. The average molecular weight is 472 g/mol. The summed E-state index contributed by atoms with van der Waals surface area (Å²) in [7, 11) is 1.63. The largest absolute Gasteiger partial charge is 0.497 e. The molecule has 0 N–H and O–H groups in total. The molecule has 1 heterocycles. The first-order valence-electron chi connectivity index (χ1n) is 12.8. The lowest BCUT2D eigenvalue weighted by Crippen LogP contribution is -2.39. The van der Waals surface area contributed by atoms with Crippen LogP contribution in [-0.4, -0.2) is 30.7 Å². The molecule has 1 unspecified atom stereocenters. The Hall–Kier alpha value is -3.21. The van der Waals surface area contributed by atoms with Crippen molar-refractivity contribution >= 4 is 17.5 Å². The Labute approximate surface area is 207 Å². The third kappa shape index (κ3) is 4.82. The predicted molar refractivity (Wildman–Crippen MR) is 136 cm³/mol. The van der Waals surface area contributed by atoms with E-state index in [4.69, 9.17) is 14.5 Å². The van der Waals surface area contributed by atoms with Crippen LogP contribution in [0.5, 0.6) is 5.75 Å². The first-order chi connectivity index (χ1) is 17.0. The lowest BCUT2D eigenvalue weighted by atomic mass is 9.69. The van der Waals surface area contributed by atoms with E-state index in [1.165, 1.54) is 6.42 Å². The maximum Gasteiger partial charge on any atom is 0.315 e. The number of ketones is 1. The second kappa shape index (κ2) is 10.2. The van der Waals surface area contributed by atoms with Crippen molar-refractivity contribution in [3.63, 3.8) is 0 Å². The third-order valence-corrected chi connectivity index (χ3v) is 7.70. The van der Waals surface area contributed by atoms with Crippen molar-refractivity contribution in [1.29, 1.82) is 0 Å². The average Bonchev–Trinajstić information content (AvgIpc) is 2.88. The summed E-state index contributed by atoms with van der Waals surface area (Å²) in [6, 6.07) is 17.9. The minimum absolute atomic E-state index is 0.0464. The van der Waals surface area contributed by atoms with Crippen LogP contribution in [0.15, 0.2) is 70.9 Å². The van der Waals surface area contributed by atoms with Gasteiger partial charge >= 0.3 is 5.97 Å². The Bertz CT molecular complexity index is 1160.